The van der Waals surface area contributed by atoms with E-state index in [0.717, 1.165) is 16.7 Å². The minimum Gasteiger partial charge on any atom is -0.481 e. The molecule has 0 fully saturated rings. The smallest absolute Gasteiger partial charge is 0.212 e. The number of aliphatic hydroxyl groups excluding tert-OH is 1. The van der Waals surface area contributed by atoms with E-state index in [1.54, 1.807) is 19.4 Å². The van der Waals surface area contributed by atoms with Gasteiger partial charge >= 0.3 is 0 Å². The lowest BCUT2D eigenvalue weighted by atomic mass is 9.96. The van der Waals surface area contributed by atoms with Crippen LogP contribution in [0.4, 0.5) is 0 Å². The van der Waals surface area contributed by atoms with Gasteiger partial charge in [0.05, 0.1) is 7.11 Å². The molecule has 0 aliphatic heterocycles. The number of aromatic nitrogens is 1. The molecule has 0 amide bonds. The number of benzene rings is 1. The van der Waals surface area contributed by atoms with E-state index in [2.05, 4.69) is 4.98 Å². The van der Waals surface area contributed by atoms with Crippen molar-refractivity contribution in [2.45, 2.75) is 20.0 Å². The lowest BCUT2D eigenvalue weighted by Crippen LogP contribution is -2.03. The molecule has 0 saturated carbocycles. The first-order valence-corrected chi connectivity index (χ1v) is 5.87. The summed E-state index contributed by atoms with van der Waals surface area (Å²) in [6.45, 7) is 4.06. The summed E-state index contributed by atoms with van der Waals surface area (Å²) in [6, 6.07) is 9.52. The van der Waals surface area contributed by atoms with Gasteiger partial charge in [-0.2, -0.15) is 0 Å². The molecule has 1 aromatic carbocycles. The van der Waals surface area contributed by atoms with Crippen molar-refractivity contribution in [1.29, 1.82) is 0 Å². The van der Waals surface area contributed by atoms with Gasteiger partial charge in [0.1, 0.15) is 6.10 Å². The lowest BCUT2D eigenvalue weighted by Gasteiger charge is -2.15. The molecule has 0 aliphatic carbocycles. The third-order valence-electron chi connectivity index (χ3n) is 3.23. The predicted molar refractivity (Wildman–Crippen MR) is 70.8 cm³/mol. The van der Waals surface area contributed by atoms with Crippen LogP contribution in [0.1, 0.15) is 28.4 Å². The van der Waals surface area contributed by atoms with Crippen LogP contribution in [0.25, 0.3) is 0 Å². The van der Waals surface area contributed by atoms with Crippen LogP contribution in [0.3, 0.4) is 0 Å². The molecule has 1 atom stereocenters. The van der Waals surface area contributed by atoms with Gasteiger partial charge in [-0.1, -0.05) is 18.2 Å². The van der Waals surface area contributed by atoms with Crippen molar-refractivity contribution in [3.8, 4) is 5.88 Å². The molecule has 1 aromatic heterocycles. The summed E-state index contributed by atoms with van der Waals surface area (Å²) in [5.74, 6) is 0.548. The van der Waals surface area contributed by atoms with Gasteiger partial charge in [0.25, 0.3) is 0 Å². The van der Waals surface area contributed by atoms with Gasteiger partial charge in [0.15, 0.2) is 0 Å². The van der Waals surface area contributed by atoms with E-state index in [-0.39, 0.29) is 0 Å². The highest BCUT2D eigenvalue weighted by atomic mass is 16.5. The molecule has 0 aliphatic rings. The second kappa shape index (κ2) is 5.19. The van der Waals surface area contributed by atoms with Gasteiger partial charge in [-0.15, -0.1) is 0 Å². The van der Waals surface area contributed by atoms with Crippen molar-refractivity contribution in [1.82, 2.24) is 4.98 Å². The van der Waals surface area contributed by atoms with Crippen molar-refractivity contribution in [3.63, 3.8) is 0 Å². The maximum atomic E-state index is 10.4. The number of aliphatic hydroxyl groups is 1. The zero-order chi connectivity index (χ0) is 13.1. The van der Waals surface area contributed by atoms with E-state index in [1.807, 2.05) is 38.1 Å². The number of pyridine rings is 1. The first-order chi connectivity index (χ1) is 8.63. The summed E-state index contributed by atoms with van der Waals surface area (Å²) in [7, 11) is 1.57. The Hall–Kier alpha value is -1.87. The molecule has 0 radical (unpaired) electrons. The summed E-state index contributed by atoms with van der Waals surface area (Å²) in [5.41, 5.74) is 3.97. The van der Waals surface area contributed by atoms with Crippen molar-refractivity contribution < 1.29 is 9.84 Å². The van der Waals surface area contributed by atoms with Crippen LogP contribution in [0.15, 0.2) is 36.5 Å². The Balaban J connectivity index is 2.35. The molecule has 1 unspecified atom stereocenters. The summed E-state index contributed by atoms with van der Waals surface area (Å²) < 4.78 is 5.00. The first kappa shape index (κ1) is 12.6. The topological polar surface area (TPSA) is 42.4 Å². The van der Waals surface area contributed by atoms with Crippen molar-refractivity contribution in [2.24, 2.45) is 0 Å². The van der Waals surface area contributed by atoms with Gasteiger partial charge in [-0.25, -0.2) is 4.98 Å². The van der Waals surface area contributed by atoms with Gasteiger partial charge in [0.2, 0.25) is 5.88 Å². The van der Waals surface area contributed by atoms with Crippen LogP contribution in [0.2, 0.25) is 0 Å². The summed E-state index contributed by atoms with van der Waals surface area (Å²) in [6.07, 6.45) is 0.994. The molecule has 2 rings (SSSR count). The molecule has 0 saturated heterocycles. The van der Waals surface area contributed by atoms with Crippen LogP contribution in [-0.4, -0.2) is 17.2 Å². The fraction of sp³-hybridized carbons (Fsp3) is 0.267. The quantitative estimate of drug-likeness (QED) is 0.901. The number of aryl methyl sites for hydroxylation is 1. The number of rotatable bonds is 3. The Morgan fingerprint density at radius 1 is 1.17 bits per heavy atom. The van der Waals surface area contributed by atoms with Gasteiger partial charge < -0.3 is 9.84 Å². The Bertz CT molecular complexity index is 535. The molecule has 0 bridgehead atoms. The monoisotopic (exact) mass is 243 g/mol. The largest absolute Gasteiger partial charge is 0.481 e. The number of hydrogen-bond acceptors (Lipinski definition) is 3. The fourth-order valence-electron chi connectivity index (χ4n) is 1.92. The average molecular weight is 243 g/mol. The molecule has 1 heterocycles. The molecule has 3 heteroatoms. The minimum absolute atomic E-state index is 0.548. The molecular formula is C15H17NO2. The van der Waals surface area contributed by atoms with Crippen molar-refractivity contribution in [2.75, 3.05) is 7.11 Å². The van der Waals surface area contributed by atoms with Crippen molar-refractivity contribution in [3.05, 3.63) is 58.8 Å². The highest BCUT2D eigenvalue weighted by molar-refractivity contribution is 5.39. The Kier molecular flexibility index (Phi) is 3.63. The van der Waals surface area contributed by atoms with E-state index < -0.39 is 6.10 Å². The standard InChI is InChI=1S/C15H17NO2/c1-10-5-4-6-13(11(10)2)15(17)12-7-8-14(18-3)16-9-12/h4-9,15,17H,1-3H3. The first-order valence-electron chi connectivity index (χ1n) is 5.87. The summed E-state index contributed by atoms with van der Waals surface area (Å²) >= 11 is 0. The molecule has 0 spiro atoms. The second-order valence-corrected chi connectivity index (χ2v) is 4.33. The van der Waals surface area contributed by atoms with E-state index in [0.29, 0.717) is 5.88 Å². The zero-order valence-corrected chi connectivity index (χ0v) is 10.8. The van der Waals surface area contributed by atoms with Crippen LogP contribution >= 0.6 is 0 Å². The molecular weight excluding hydrogens is 226 g/mol. The Labute approximate surface area is 107 Å². The summed E-state index contributed by atoms with van der Waals surface area (Å²) in [5, 5.41) is 10.4. The van der Waals surface area contributed by atoms with E-state index in [4.69, 9.17) is 4.74 Å². The molecule has 3 nitrogen and oxygen atoms in total. The Morgan fingerprint density at radius 2 is 1.94 bits per heavy atom. The van der Waals surface area contributed by atoms with Gasteiger partial charge in [0, 0.05) is 17.8 Å². The molecule has 94 valence electrons. The maximum absolute atomic E-state index is 10.4. The predicted octanol–water partition coefficient (Wildman–Crippen LogP) is 2.79. The van der Waals surface area contributed by atoms with Crippen molar-refractivity contribution >= 4 is 0 Å². The third-order valence-corrected chi connectivity index (χ3v) is 3.23. The number of ether oxygens (including phenoxy) is 1. The zero-order valence-electron chi connectivity index (χ0n) is 10.8. The highest BCUT2D eigenvalue weighted by Crippen LogP contribution is 2.26. The van der Waals surface area contributed by atoms with Crippen LogP contribution in [-0.2, 0) is 0 Å². The molecule has 1 N–H and O–H groups in total. The third kappa shape index (κ3) is 2.36. The SMILES string of the molecule is COc1ccc(C(O)c2cccc(C)c2C)cn1. The fourth-order valence-corrected chi connectivity index (χ4v) is 1.92. The average Bonchev–Trinajstić information content (AvgIpc) is 2.41. The number of methoxy groups -OCH3 is 1. The highest BCUT2D eigenvalue weighted by Gasteiger charge is 2.14. The normalized spacial score (nSPS) is 12.2. The molecule has 2 aromatic rings. The van der Waals surface area contributed by atoms with E-state index in [1.165, 1.54) is 5.56 Å². The second-order valence-electron chi connectivity index (χ2n) is 4.33. The lowest BCUT2D eigenvalue weighted by molar-refractivity contribution is 0.218. The molecule has 18 heavy (non-hydrogen) atoms. The number of hydrogen-bond donors (Lipinski definition) is 1. The van der Waals surface area contributed by atoms with Gasteiger partial charge in [-0.05, 0) is 36.6 Å². The van der Waals surface area contributed by atoms with Crippen LogP contribution in [0, 0.1) is 13.8 Å². The van der Waals surface area contributed by atoms with E-state index in [9.17, 15) is 5.11 Å². The Morgan fingerprint density at radius 3 is 2.56 bits per heavy atom. The van der Waals surface area contributed by atoms with Gasteiger partial charge in [-0.3, -0.25) is 0 Å². The number of nitrogens with zero attached hydrogens (tertiary/aromatic N) is 1. The van der Waals surface area contributed by atoms with Crippen LogP contribution in [0.5, 0.6) is 5.88 Å². The summed E-state index contributed by atoms with van der Waals surface area (Å²) in [4.78, 5) is 4.11. The maximum Gasteiger partial charge on any atom is 0.212 e. The van der Waals surface area contributed by atoms with E-state index >= 15 is 0 Å². The minimum atomic E-state index is -0.650. The van der Waals surface area contributed by atoms with Crippen LogP contribution < -0.4 is 4.74 Å².